The monoisotopic (exact) mass is 215 g/mol. The number of esters is 1. The molecule has 1 N–H and O–H groups in total. The number of ether oxygens (including phenoxy) is 1. The minimum Gasteiger partial charge on any atom is -0.462 e. The SMILES string of the molecule is CC(C)OC(=O)[C@@H]1[C@@H](O)CCN1C(C)C. The van der Waals surface area contributed by atoms with Crippen LogP contribution >= 0.6 is 0 Å². The molecule has 0 radical (unpaired) electrons. The van der Waals surface area contributed by atoms with E-state index in [1.54, 1.807) is 0 Å². The molecule has 88 valence electrons. The number of carbonyl (C=O) groups excluding carboxylic acids is 1. The van der Waals surface area contributed by atoms with Crippen molar-refractivity contribution in [1.29, 1.82) is 0 Å². The molecule has 2 atom stereocenters. The summed E-state index contributed by atoms with van der Waals surface area (Å²) in [4.78, 5) is 13.8. The molecule has 1 aliphatic rings. The van der Waals surface area contributed by atoms with Gasteiger partial charge in [-0.3, -0.25) is 9.69 Å². The molecule has 0 spiro atoms. The highest BCUT2D eigenvalue weighted by atomic mass is 16.5. The molecular weight excluding hydrogens is 194 g/mol. The van der Waals surface area contributed by atoms with Crippen LogP contribution in [0.3, 0.4) is 0 Å². The van der Waals surface area contributed by atoms with Gasteiger partial charge in [-0.2, -0.15) is 0 Å². The van der Waals surface area contributed by atoms with Gasteiger partial charge >= 0.3 is 5.97 Å². The van der Waals surface area contributed by atoms with Gasteiger partial charge < -0.3 is 9.84 Å². The van der Waals surface area contributed by atoms with E-state index < -0.39 is 12.1 Å². The maximum Gasteiger partial charge on any atom is 0.326 e. The quantitative estimate of drug-likeness (QED) is 0.707. The zero-order chi connectivity index (χ0) is 11.6. The van der Waals surface area contributed by atoms with Crippen molar-refractivity contribution in [1.82, 2.24) is 4.90 Å². The highest BCUT2D eigenvalue weighted by Gasteiger charge is 2.40. The van der Waals surface area contributed by atoms with Crippen LogP contribution in [0.25, 0.3) is 0 Å². The molecule has 15 heavy (non-hydrogen) atoms. The third kappa shape index (κ3) is 2.92. The summed E-state index contributed by atoms with van der Waals surface area (Å²) in [5, 5.41) is 9.75. The van der Waals surface area contributed by atoms with E-state index in [0.29, 0.717) is 6.42 Å². The van der Waals surface area contributed by atoms with Crippen molar-refractivity contribution >= 4 is 5.97 Å². The number of rotatable bonds is 3. The van der Waals surface area contributed by atoms with Gasteiger partial charge in [-0.1, -0.05) is 0 Å². The number of aliphatic hydroxyl groups excluding tert-OH is 1. The van der Waals surface area contributed by atoms with Gasteiger partial charge in [0.2, 0.25) is 0 Å². The fraction of sp³-hybridized carbons (Fsp3) is 0.909. The number of carbonyl (C=O) groups is 1. The van der Waals surface area contributed by atoms with Crippen molar-refractivity contribution in [2.24, 2.45) is 0 Å². The zero-order valence-corrected chi connectivity index (χ0v) is 9.93. The first-order valence-electron chi connectivity index (χ1n) is 5.57. The smallest absolute Gasteiger partial charge is 0.326 e. The second-order valence-electron chi connectivity index (χ2n) is 4.62. The minimum atomic E-state index is -0.585. The van der Waals surface area contributed by atoms with Crippen molar-refractivity contribution in [3.63, 3.8) is 0 Å². The number of hydrogen-bond acceptors (Lipinski definition) is 4. The Hall–Kier alpha value is -0.610. The molecule has 0 aromatic carbocycles. The van der Waals surface area contributed by atoms with Crippen molar-refractivity contribution in [2.75, 3.05) is 6.54 Å². The average Bonchev–Trinajstić information content (AvgIpc) is 2.45. The molecule has 1 rings (SSSR count). The third-order valence-corrected chi connectivity index (χ3v) is 2.66. The Labute approximate surface area is 91.2 Å². The largest absolute Gasteiger partial charge is 0.462 e. The lowest BCUT2D eigenvalue weighted by atomic mass is 10.1. The zero-order valence-electron chi connectivity index (χ0n) is 9.93. The van der Waals surface area contributed by atoms with Gasteiger partial charge in [0.05, 0.1) is 12.2 Å². The van der Waals surface area contributed by atoms with Gasteiger partial charge in [-0.15, -0.1) is 0 Å². The van der Waals surface area contributed by atoms with Crippen LogP contribution in [0, 0.1) is 0 Å². The summed E-state index contributed by atoms with van der Waals surface area (Å²) in [6.07, 6.45) is -0.0614. The van der Waals surface area contributed by atoms with Crippen LogP contribution in [-0.4, -0.2) is 46.8 Å². The van der Waals surface area contributed by atoms with Crippen LogP contribution in [0.4, 0.5) is 0 Å². The van der Waals surface area contributed by atoms with Crippen LogP contribution in [-0.2, 0) is 9.53 Å². The molecule has 4 heteroatoms. The van der Waals surface area contributed by atoms with Gasteiger partial charge in [-0.05, 0) is 34.1 Å². The number of hydrogen-bond donors (Lipinski definition) is 1. The number of nitrogens with zero attached hydrogens (tertiary/aromatic N) is 1. The van der Waals surface area contributed by atoms with E-state index in [2.05, 4.69) is 0 Å². The summed E-state index contributed by atoms with van der Waals surface area (Å²) >= 11 is 0. The first kappa shape index (κ1) is 12.5. The highest BCUT2D eigenvalue weighted by Crippen LogP contribution is 2.22. The van der Waals surface area contributed by atoms with Crippen LogP contribution < -0.4 is 0 Å². The molecule has 4 nitrogen and oxygen atoms in total. The predicted octanol–water partition coefficient (Wildman–Crippen LogP) is 0.782. The normalized spacial score (nSPS) is 27.7. The van der Waals surface area contributed by atoms with Gasteiger partial charge in [0.15, 0.2) is 0 Å². The molecule has 1 aliphatic heterocycles. The van der Waals surface area contributed by atoms with Crippen molar-refractivity contribution in [2.45, 2.75) is 58.4 Å². The van der Waals surface area contributed by atoms with E-state index in [1.165, 1.54) is 0 Å². The Kier molecular flexibility index (Phi) is 4.11. The van der Waals surface area contributed by atoms with Crippen LogP contribution in [0.1, 0.15) is 34.1 Å². The molecule has 0 aromatic heterocycles. The second kappa shape index (κ2) is 4.94. The highest BCUT2D eigenvalue weighted by molar-refractivity contribution is 5.77. The Bertz CT molecular complexity index is 228. The second-order valence-corrected chi connectivity index (χ2v) is 4.62. The fourth-order valence-electron chi connectivity index (χ4n) is 1.97. The molecule has 0 aromatic rings. The minimum absolute atomic E-state index is 0.126. The van der Waals surface area contributed by atoms with Crippen LogP contribution in [0.2, 0.25) is 0 Å². The Morgan fingerprint density at radius 3 is 2.47 bits per heavy atom. The lowest BCUT2D eigenvalue weighted by molar-refractivity contribution is -0.156. The van der Waals surface area contributed by atoms with E-state index in [9.17, 15) is 9.90 Å². The van der Waals surface area contributed by atoms with Gasteiger partial charge in [0, 0.05) is 12.6 Å². The molecule has 0 amide bonds. The summed E-state index contributed by atoms with van der Waals surface area (Å²) < 4.78 is 5.14. The molecule has 0 bridgehead atoms. The van der Waals surface area contributed by atoms with Crippen molar-refractivity contribution in [3.05, 3.63) is 0 Å². The fourth-order valence-corrected chi connectivity index (χ4v) is 1.97. The van der Waals surface area contributed by atoms with Gasteiger partial charge in [0.1, 0.15) is 6.04 Å². The third-order valence-electron chi connectivity index (χ3n) is 2.66. The topological polar surface area (TPSA) is 49.8 Å². The molecule has 0 aliphatic carbocycles. The summed E-state index contributed by atoms with van der Waals surface area (Å²) in [5.41, 5.74) is 0. The Morgan fingerprint density at radius 2 is 2.00 bits per heavy atom. The maximum atomic E-state index is 11.8. The standard InChI is InChI=1S/C11H21NO3/c1-7(2)12-6-5-9(13)10(12)11(14)15-8(3)4/h7-10,13H,5-6H2,1-4H3/t9-,10-/m0/s1. The number of aliphatic hydroxyl groups is 1. The van der Waals surface area contributed by atoms with E-state index in [-0.39, 0.29) is 18.1 Å². The number of likely N-dealkylation sites (tertiary alicyclic amines) is 1. The predicted molar refractivity (Wildman–Crippen MR) is 57.5 cm³/mol. The van der Waals surface area contributed by atoms with E-state index >= 15 is 0 Å². The lowest BCUT2D eigenvalue weighted by Gasteiger charge is -2.28. The van der Waals surface area contributed by atoms with Crippen LogP contribution in [0.15, 0.2) is 0 Å². The molecule has 1 saturated heterocycles. The summed E-state index contributed by atoms with van der Waals surface area (Å²) in [6, 6.07) is -0.223. The molecule has 1 fully saturated rings. The van der Waals surface area contributed by atoms with E-state index in [0.717, 1.165) is 6.54 Å². The van der Waals surface area contributed by atoms with Gasteiger partial charge in [0.25, 0.3) is 0 Å². The molecular formula is C11H21NO3. The first-order valence-corrected chi connectivity index (χ1v) is 5.57. The molecule has 1 heterocycles. The first-order chi connectivity index (χ1) is 6.93. The average molecular weight is 215 g/mol. The van der Waals surface area contributed by atoms with E-state index in [1.807, 2.05) is 32.6 Å². The lowest BCUT2D eigenvalue weighted by Crippen LogP contribution is -2.46. The Morgan fingerprint density at radius 1 is 1.40 bits per heavy atom. The van der Waals surface area contributed by atoms with E-state index in [4.69, 9.17) is 4.74 Å². The maximum absolute atomic E-state index is 11.8. The van der Waals surface area contributed by atoms with Crippen molar-refractivity contribution < 1.29 is 14.6 Å². The summed E-state index contributed by atoms with van der Waals surface area (Å²) in [7, 11) is 0. The van der Waals surface area contributed by atoms with Crippen LogP contribution in [0.5, 0.6) is 0 Å². The van der Waals surface area contributed by atoms with Crippen molar-refractivity contribution in [3.8, 4) is 0 Å². The van der Waals surface area contributed by atoms with Gasteiger partial charge in [-0.25, -0.2) is 0 Å². The Balaban J connectivity index is 2.67. The summed E-state index contributed by atoms with van der Waals surface area (Å²) in [6.45, 7) is 8.44. The summed E-state index contributed by atoms with van der Waals surface area (Å²) in [5.74, 6) is -0.302. The molecule has 0 unspecified atom stereocenters. The molecule has 0 saturated carbocycles.